The molecule has 20 aliphatic rings. The van der Waals surface area contributed by atoms with Crippen molar-refractivity contribution in [1.82, 2.24) is 0 Å². The first-order valence-corrected chi connectivity index (χ1v) is 54.4. The van der Waals surface area contributed by atoms with Crippen LogP contribution in [0.2, 0.25) is 0 Å². The van der Waals surface area contributed by atoms with E-state index in [0.29, 0.717) is 151 Å². The van der Waals surface area contributed by atoms with Crippen LogP contribution in [0.15, 0.2) is 129 Å². The van der Waals surface area contributed by atoms with Crippen molar-refractivity contribution in [2.45, 2.75) is 313 Å². The van der Waals surface area contributed by atoms with Gasteiger partial charge in [0, 0.05) is 99.4 Å². The summed E-state index contributed by atoms with van der Waals surface area (Å²) in [6.45, 7) is 21.5. The minimum Gasteiger partial charge on any atom is -0.461 e. The van der Waals surface area contributed by atoms with E-state index in [4.69, 9.17) is 33.2 Å². The van der Waals surface area contributed by atoms with Crippen molar-refractivity contribution < 1.29 is 108 Å². The molecule has 0 aromatic heterocycles. The van der Waals surface area contributed by atoms with E-state index in [-0.39, 0.29) is 64.5 Å². The van der Waals surface area contributed by atoms with Crippen LogP contribution >= 0.6 is 0 Å². The monoisotopic (exact) mass is 1910 g/mol. The molecule has 0 spiro atoms. The molecular weight excluding hydrogens is 1770 g/mol. The van der Waals surface area contributed by atoms with E-state index in [9.17, 15) is 74.4 Å². The van der Waals surface area contributed by atoms with E-state index in [1.807, 2.05) is 0 Å². The van der Waals surface area contributed by atoms with Crippen LogP contribution < -0.4 is 0 Å². The Morgan fingerprint density at radius 1 is 0.336 bits per heavy atom. The summed E-state index contributed by atoms with van der Waals surface area (Å²) in [6, 6.07) is 40.2. The number of rotatable bonds is 15. The third kappa shape index (κ3) is 28.2. The number of alkyl halides is 8. The van der Waals surface area contributed by atoms with E-state index < -0.39 is 70.0 Å². The number of benzene rings is 4. The topological polar surface area (TPSA) is 211 Å². The number of ketones is 1. The average molecular weight is 1920 g/mol. The highest BCUT2D eigenvalue weighted by Crippen LogP contribution is 2.65. The van der Waals surface area contributed by atoms with E-state index in [0.717, 1.165) is 149 Å². The molecule has 27 heteroatoms. The third-order valence-electron chi connectivity index (χ3n) is 30.0. The molecule has 4 aromatic rings. The van der Waals surface area contributed by atoms with Crippen LogP contribution in [0.25, 0.3) is 0 Å². The number of esters is 4. The molecule has 4 aromatic carbocycles. The second kappa shape index (κ2) is 42.4. The highest BCUT2D eigenvalue weighted by molar-refractivity contribution is 7.97. The van der Waals surface area contributed by atoms with Gasteiger partial charge in [-0.25, -0.2) is 19.2 Å². The number of hydrogen-bond acceptors (Lipinski definition) is 15. The predicted molar refractivity (Wildman–Crippen MR) is 500 cm³/mol. The highest BCUT2D eigenvalue weighted by atomic mass is 32.2. The summed E-state index contributed by atoms with van der Waals surface area (Å²) in [5, 5.41) is 31.5. The maximum atomic E-state index is 12.9. The first-order chi connectivity index (χ1) is 61.5. The molecule has 8 unspecified atom stereocenters. The summed E-state index contributed by atoms with van der Waals surface area (Å²) in [6.07, 6.45) is 23.0. The van der Waals surface area contributed by atoms with Crippen LogP contribution in [0, 0.1) is 69.5 Å². The fourth-order valence-corrected chi connectivity index (χ4v) is 33.5. The Bertz CT molecular complexity index is 4040. The SMILES string of the molecule is CC(C)(C)c1ccc([S+]2CCOCC2)cc1.CC(C)(C)c1ccc([S+]2CCOCC2)cc1.CC(F)(F)C(=O)OC12CC3CC(C1)C(=O)C(C3)C2.CC(F)(F)C(=O)OCC12CC3CC(CC(O)(C3)C1)C2.CC(F)(F)C(=O)OCC12CC3CC(CC(O)(C3)C1)C2.CC(F)(F)C(=O)OCC12CC3CC(CC(O)(C3)C1)C2.c1ccc([S+]2CCCCC2)cc1.c1ccc([S+]2CCOCC2)cc1. The predicted octanol–water partition coefficient (Wildman–Crippen LogP) is 20.4. The van der Waals surface area contributed by atoms with Crippen molar-refractivity contribution in [2.75, 3.05) is 105 Å². The largest absolute Gasteiger partial charge is 0.461 e. The van der Waals surface area contributed by atoms with Crippen LogP contribution in [0.4, 0.5) is 35.1 Å². The number of hydrogen-bond donors (Lipinski definition) is 3. The Morgan fingerprint density at radius 2 is 0.603 bits per heavy atom. The normalized spacial score (nSPS) is 33.2. The maximum absolute atomic E-state index is 12.9. The molecule has 4 saturated heterocycles. The summed E-state index contributed by atoms with van der Waals surface area (Å²) in [5.41, 5.74) is -0.155. The molecule has 16 saturated carbocycles. The molecule has 20 fully saturated rings. The molecule has 15 nitrogen and oxygen atoms in total. The Hall–Kier alpha value is -4.97. The Labute approximate surface area is 783 Å². The summed E-state index contributed by atoms with van der Waals surface area (Å²) in [4.78, 5) is 63.0. The fraction of sp³-hybridized carbons (Fsp3) is 0.721. The van der Waals surface area contributed by atoms with Gasteiger partial charge in [-0.2, -0.15) is 35.1 Å². The number of carbonyl (C=O) groups is 5. The van der Waals surface area contributed by atoms with Crippen molar-refractivity contribution in [1.29, 1.82) is 0 Å². The number of Topliss-reactive ketones (excluding diaryl/α,β-unsaturated/α-hetero) is 1. The molecule has 0 amide bonds. The van der Waals surface area contributed by atoms with Crippen LogP contribution in [-0.2, 0) is 112 Å². The zero-order valence-electron chi connectivity index (χ0n) is 78.9. The lowest BCUT2D eigenvalue weighted by Gasteiger charge is -2.59. The summed E-state index contributed by atoms with van der Waals surface area (Å²) < 4.78 is 139. The molecule has 8 atom stereocenters. The van der Waals surface area contributed by atoms with Crippen LogP contribution in [0.5, 0.6) is 0 Å². The van der Waals surface area contributed by atoms with Crippen molar-refractivity contribution in [3.8, 4) is 0 Å². The third-order valence-corrected chi connectivity index (χ3v) is 39.3. The summed E-state index contributed by atoms with van der Waals surface area (Å²) >= 11 is 0. The lowest BCUT2D eigenvalue weighted by molar-refractivity contribution is -0.207. The van der Waals surface area contributed by atoms with Gasteiger partial charge < -0.3 is 48.5 Å². The van der Waals surface area contributed by atoms with Gasteiger partial charge in [-0.1, -0.05) is 102 Å². The molecule has 16 aliphatic carbocycles. The minimum absolute atomic E-state index is 0.0323. The second-order valence-electron chi connectivity index (χ2n) is 44.3. The van der Waals surface area contributed by atoms with Gasteiger partial charge in [-0.3, -0.25) is 4.79 Å². The Morgan fingerprint density at radius 3 is 0.863 bits per heavy atom. The second-order valence-corrected chi connectivity index (χ2v) is 53.4. The van der Waals surface area contributed by atoms with Gasteiger partial charge >= 0.3 is 47.6 Å². The molecule has 4 heterocycles. The van der Waals surface area contributed by atoms with Gasteiger partial charge in [-0.05, 0) is 279 Å². The maximum Gasteiger partial charge on any atom is 0.377 e. The summed E-state index contributed by atoms with van der Waals surface area (Å²) in [7, 11) is 1.92. The zero-order valence-corrected chi connectivity index (χ0v) is 82.2. The van der Waals surface area contributed by atoms with E-state index in [1.54, 1.807) is 4.90 Å². The molecule has 3 N–H and O–H groups in total. The fourth-order valence-electron chi connectivity index (χ4n) is 25.7. The quantitative estimate of drug-likeness (QED) is 0.0437. The average Bonchev–Trinajstić information content (AvgIpc) is 0.741. The first-order valence-electron chi connectivity index (χ1n) is 48.2. The Kier molecular flexibility index (Phi) is 33.5. The minimum atomic E-state index is -3.45. The van der Waals surface area contributed by atoms with Gasteiger partial charge in [0.05, 0.1) is 76.3 Å². The van der Waals surface area contributed by atoms with E-state index >= 15 is 0 Å². The van der Waals surface area contributed by atoms with Crippen molar-refractivity contribution in [3.05, 3.63) is 120 Å². The smallest absolute Gasteiger partial charge is 0.377 e. The van der Waals surface area contributed by atoms with Crippen LogP contribution in [-0.4, -0.2) is 197 Å². The van der Waals surface area contributed by atoms with Crippen molar-refractivity contribution in [2.24, 2.45) is 69.5 Å². The van der Waals surface area contributed by atoms with Crippen LogP contribution in [0.3, 0.4) is 0 Å². The number of ether oxygens (including phenoxy) is 7. The lowest BCUT2D eigenvalue weighted by Crippen LogP contribution is -2.57. The van der Waals surface area contributed by atoms with Crippen molar-refractivity contribution in [3.63, 3.8) is 0 Å². The van der Waals surface area contributed by atoms with Gasteiger partial charge in [-0.15, -0.1) is 0 Å². The standard InChI is InChI=1S/3C14H20F2O3.2C14H21OS.C13H16F2O3.C11H15S.C10H13OS/c3*1-12(15,16)11(17)19-8-13-3-9-2-10(4-13)6-14(18,5-9)7-13;2*1-14(2,3)12-4-6-13(7-5-12)16-10-8-15-9-11-16;1-12(14,15)11(17)18-13-4-7-2-8(5-13)10(16)9(3-7)6-13;1-3-7-11(8-4-1)12-9-5-2-6-10-12;1-2-4-10(5-3-1)12-8-6-11-7-9-12/h3*9-10,18H,2-8H2,1H3;2*4-7H,8-11H2,1-3H3;7-9H,2-6H2,1H3;1,3-4,7-8H,2,5-6,9-10H2;1-5H,6-9H2/q;;;2*+1;;2*+1. The number of aliphatic hydroxyl groups is 3. The van der Waals surface area contributed by atoms with E-state index in [1.165, 1.54) is 91.1 Å². The highest BCUT2D eigenvalue weighted by Gasteiger charge is 2.63. The Balaban J connectivity index is 0.000000128. The molecule has 131 heavy (non-hydrogen) atoms. The molecule has 0 radical (unpaired) electrons. The number of halogens is 8. The molecular formula is C104H146F8O15S4+4. The molecule has 728 valence electrons. The van der Waals surface area contributed by atoms with Gasteiger partial charge in [0.15, 0.2) is 19.6 Å². The summed E-state index contributed by atoms with van der Waals surface area (Å²) in [5.74, 6) is -6.18. The van der Waals surface area contributed by atoms with Crippen LogP contribution in [0.1, 0.15) is 247 Å². The van der Waals surface area contributed by atoms with Gasteiger partial charge in [0.25, 0.3) is 0 Å². The van der Waals surface area contributed by atoms with Gasteiger partial charge in [0.2, 0.25) is 0 Å². The van der Waals surface area contributed by atoms with Gasteiger partial charge in [0.1, 0.15) is 57.4 Å². The number of carbonyl (C=O) groups excluding carboxylic acids is 5. The van der Waals surface area contributed by atoms with Crippen molar-refractivity contribution >= 4 is 73.2 Å². The molecule has 4 aliphatic heterocycles. The zero-order chi connectivity index (χ0) is 94.4. The molecule has 24 rings (SSSR count). The first kappa shape index (κ1) is 103. The lowest BCUT2D eigenvalue weighted by atomic mass is 9.48. The van der Waals surface area contributed by atoms with E-state index in [2.05, 4.69) is 151 Å². The molecule has 16 bridgehead atoms.